The molecule has 4 heteroatoms. The van der Waals surface area contributed by atoms with E-state index in [1.807, 2.05) is 36.2 Å². The van der Waals surface area contributed by atoms with Crippen LogP contribution in [-0.4, -0.2) is 22.3 Å². The summed E-state index contributed by atoms with van der Waals surface area (Å²) in [5.74, 6) is 0. The number of aromatic nitrogens is 1. The van der Waals surface area contributed by atoms with Gasteiger partial charge in [-0.15, -0.1) is 0 Å². The molecule has 0 saturated carbocycles. The first kappa shape index (κ1) is 14.9. The fraction of sp³-hybridized carbons (Fsp3) is 0.615. The number of nitrogens with one attached hydrogen (secondary N) is 1. The third kappa shape index (κ3) is 5.80. The first-order chi connectivity index (χ1) is 7.85. The molecule has 1 aromatic heterocycles. The van der Waals surface area contributed by atoms with Gasteiger partial charge in [-0.25, -0.2) is 4.98 Å². The quantitative estimate of drug-likeness (QED) is 0.790. The summed E-state index contributed by atoms with van der Waals surface area (Å²) in [4.78, 5) is 4.32. The van der Waals surface area contributed by atoms with Gasteiger partial charge in [0.25, 0.3) is 0 Å². The van der Waals surface area contributed by atoms with E-state index in [2.05, 4.69) is 44.1 Å². The second kappa shape index (κ2) is 6.12. The second-order valence-corrected chi connectivity index (χ2v) is 8.26. The van der Waals surface area contributed by atoms with Crippen molar-refractivity contribution in [2.45, 2.75) is 49.4 Å². The Labute approximate surface area is 113 Å². The molecule has 1 heterocycles. The SMILES string of the molecule is CNC(C)(C)CC(C)(C)SSc1ccccn1. The zero-order valence-electron chi connectivity index (χ0n) is 11.3. The molecule has 0 spiro atoms. The Morgan fingerprint density at radius 3 is 2.47 bits per heavy atom. The molecular weight excluding hydrogens is 248 g/mol. The van der Waals surface area contributed by atoms with Crippen molar-refractivity contribution in [3.05, 3.63) is 24.4 Å². The van der Waals surface area contributed by atoms with E-state index in [0.717, 1.165) is 11.4 Å². The average molecular weight is 270 g/mol. The molecule has 0 fully saturated rings. The first-order valence-electron chi connectivity index (χ1n) is 5.80. The van der Waals surface area contributed by atoms with Crippen LogP contribution in [0, 0.1) is 0 Å². The van der Waals surface area contributed by atoms with Gasteiger partial charge in [-0.3, -0.25) is 0 Å². The van der Waals surface area contributed by atoms with Gasteiger partial charge in [0.05, 0.1) is 0 Å². The monoisotopic (exact) mass is 270 g/mol. The third-order valence-electron chi connectivity index (χ3n) is 2.53. The molecule has 1 rings (SSSR count). The fourth-order valence-electron chi connectivity index (χ4n) is 1.73. The van der Waals surface area contributed by atoms with Gasteiger partial charge < -0.3 is 5.32 Å². The van der Waals surface area contributed by atoms with Crippen molar-refractivity contribution in [3.63, 3.8) is 0 Å². The molecule has 0 atom stereocenters. The summed E-state index contributed by atoms with van der Waals surface area (Å²) in [6, 6.07) is 6.03. The molecule has 1 N–H and O–H groups in total. The minimum atomic E-state index is 0.168. The van der Waals surface area contributed by atoms with Crippen LogP contribution in [0.5, 0.6) is 0 Å². The van der Waals surface area contributed by atoms with Crippen molar-refractivity contribution in [1.82, 2.24) is 10.3 Å². The lowest BCUT2D eigenvalue weighted by Gasteiger charge is -2.33. The lowest BCUT2D eigenvalue weighted by atomic mass is 9.92. The Balaban J connectivity index is 2.50. The van der Waals surface area contributed by atoms with Crippen molar-refractivity contribution in [1.29, 1.82) is 0 Å². The standard InChI is InChI=1S/C13H22N2S2/c1-12(2,14-5)10-13(3,4)17-16-11-8-6-7-9-15-11/h6-9,14H,10H2,1-5H3. The van der Waals surface area contributed by atoms with Gasteiger partial charge >= 0.3 is 0 Å². The van der Waals surface area contributed by atoms with Crippen LogP contribution in [-0.2, 0) is 0 Å². The van der Waals surface area contributed by atoms with Crippen molar-refractivity contribution >= 4 is 21.6 Å². The zero-order valence-corrected chi connectivity index (χ0v) is 12.9. The summed E-state index contributed by atoms with van der Waals surface area (Å²) in [5.41, 5.74) is 0.168. The lowest BCUT2D eigenvalue weighted by molar-refractivity contribution is 0.359. The summed E-state index contributed by atoms with van der Waals surface area (Å²) in [6.45, 7) is 9.04. The van der Waals surface area contributed by atoms with Crippen LogP contribution in [0.25, 0.3) is 0 Å². The van der Waals surface area contributed by atoms with Gasteiger partial charge in [-0.2, -0.15) is 0 Å². The molecule has 0 aliphatic heterocycles. The highest BCUT2D eigenvalue weighted by atomic mass is 33.1. The molecule has 0 aromatic carbocycles. The number of hydrogen-bond donors (Lipinski definition) is 1. The molecule has 0 aliphatic rings. The molecule has 96 valence electrons. The molecule has 0 amide bonds. The maximum absolute atomic E-state index is 4.32. The van der Waals surface area contributed by atoms with Crippen LogP contribution in [0.1, 0.15) is 34.1 Å². The predicted molar refractivity (Wildman–Crippen MR) is 79.5 cm³/mol. The van der Waals surface area contributed by atoms with Crippen molar-refractivity contribution in [2.75, 3.05) is 7.05 Å². The summed E-state index contributed by atoms with van der Waals surface area (Å²) in [6.07, 6.45) is 2.95. The van der Waals surface area contributed by atoms with Crippen LogP contribution in [0.15, 0.2) is 29.4 Å². The van der Waals surface area contributed by atoms with Gasteiger partial charge in [0.15, 0.2) is 0 Å². The Bertz CT molecular complexity index is 337. The Kier molecular flexibility index (Phi) is 5.35. The van der Waals surface area contributed by atoms with E-state index in [-0.39, 0.29) is 10.3 Å². The lowest BCUT2D eigenvalue weighted by Crippen LogP contribution is -2.41. The molecule has 1 aromatic rings. The van der Waals surface area contributed by atoms with Crippen LogP contribution < -0.4 is 5.32 Å². The van der Waals surface area contributed by atoms with Gasteiger partial charge in [-0.1, -0.05) is 16.9 Å². The highest BCUT2D eigenvalue weighted by Gasteiger charge is 2.28. The first-order valence-corrected chi connectivity index (χ1v) is 7.95. The minimum Gasteiger partial charge on any atom is -0.315 e. The van der Waals surface area contributed by atoms with Gasteiger partial charge in [0, 0.05) is 16.5 Å². The topological polar surface area (TPSA) is 24.9 Å². The van der Waals surface area contributed by atoms with E-state index in [9.17, 15) is 0 Å². The van der Waals surface area contributed by atoms with Crippen LogP contribution in [0.2, 0.25) is 0 Å². The Morgan fingerprint density at radius 2 is 1.94 bits per heavy atom. The van der Waals surface area contributed by atoms with Gasteiger partial charge in [0.1, 0.15) is 5.03 Å². The molecule has 17 heavy (non-hydrogen) atoms. The summed E-state index contributed by atoms with van der Waals surface area (Å²) < 4.78 is 0.217. The van der Waals surface area contributed by atoms with Gasteiger partial charge in [-0.05, 0) is 64.1 Å². The summed E-state index contributed by atoms with van der Waals surface area (Å²) in [5, 5.41) is 4.43. The largest absolute Gasteiger partial charge is 0.315 e. The maximum atomic E-state index is 4.32. The summed E-state index contributed by atoms with van der Waals surface area (Å²) >= 11 is 0. The number of rotatable bonds is 6. The molecule has 2 nitrogen and oxygen atoms in total. The van der Waals surface area contributed by atoms with Crippen LogP contribution >= 0.6 is 21.6 Å². The highest BCUT2D eigenvalue weighted by molar-refractivity contribution is 8.77. The van der Waals surface area contributed by atoms with Crippen molar-refractivity contribution in [3.8, 4) is 0 Å². The van der Waals surface area contributed by atoms with E-state index in [0.29, 0.717) is 0 Å². The molecule has 0 unspecified atom stereocenters. The normalized spacial score (nSPS) is 12.8. The van der Waals surface area contributed by atoms with E-state index >= 15 is 0 Å². The number of hydrogen-bond acceptors (Lipinski definition) is 4. The van der Waals surface area contributed by atoms with Crippen molar-refractivity contribution < 1.29 is 0 Å². The average Bonchev–Trinajstić information content (AvgIpc) is 2.27. The maximum Gasteiger partial charge on any atom is 0.106 e. The molecular formula is C13H22N2S2. The fourth-order valence-corrected chi connectivity index (χ4v) is 4.11. The van der Waals surface area contributed by atoms with E-state index < -0.39 is 0 Å². The molecule has 0 radical (unpaired) electrons. The predicted octanol–water partition coefficient (Wildman–Crippen LogP) is 3.99. The van der Waals surface area contributed by atoms with E-state index in [1.165, 1.54) is 0 Å². The number of pyridine rings is 1. The number of nitrogens with zero attached hydrogens (tertiary/aromatic N) is 1. The van der Waals surface area contributed by atoms with Gasteiger partial charge in [0.2, 0.25) is 0 Å². The minimum absolute atomic E-state index is 0.168. The molecule has 0 saturated heterocycles. The zero-order chi connectivity index (χ0) is 12.9. The highest BCUT2D eigenvalue weighted by Crippen LogP contribution is 2.43. The Hall–Kier alpha value is -0.190. The third-order valence-corrected chi connectivity index (χ3v) is 5.74. The van der Waals surface area contributed by atoms with E-state index in [1.54, 1.807) is 10.8 Å². The second-order valence-electron chi connectivity index (χ2n) is 5.40. The molecule has 0 aliphatic carbocycles. The Morgan fingerprint density at radius 1 is 1.24 bits per heavy atom. The van der Waals surface area contributed by atoms with Crippen LogP contribution in [0.4, 0.5) is 0 Å². The van der Waals surface area contributed by atoms with Crippen LogP contribution in [0.3, 0.4) is 0 Å². The summed E-state index contributed by atoms with van der Waals surface area (Å²) in [7, 11) is 5.67. The van der Waals surface area contributed by atoms with Crippen molar-refractivity contribution in [2.24, 2.45) is 0 Å². The smallest absolute Gasteiger partial charge is 0.106 e. The van der Waals surface area contributed by atoms with E-state index in [4.69, 9.17) is 0 Å². The molecule has 0 bridgehead atoms.